The minimum atomic E-state index is 0.320. The summed E-state index contributed by atoms with van der Waals surface area (Å²) in [6, 6.07) is 6.44. The van der Waals surface area contributed by atoms with Crippen LogP contribution in [0.4, 0.5) is 0 Å². The van der Waals surface area contributed by atoms with Crippen LogP contribution in [0.1, 0.15) is 61.6 Å². The molecular formula is C18H26O. The molecule has 2 rings (SSSR count). The Kier molecular flexibility index (Phi) is 5.18. The molecule has 0 bridgehead atoms. The predicted octanol–water partition coefficient (Wildman–Crippen LogP) is 4.78. The SMILES string of the molecule is Cc1ccc(C)c(CC(=O)C2CCCCCCC2)c1. The Morgan fingerprint density at radius 1 is 1.05 bits per heavy atom. The molecule has 1 aromatic rings. The van der Waals surface area contributed by atoms with Crippen molar-refractivity contribution in [3.05, 3.63) is 34.9 Å². The molecule has 1 aromatic carbocycles. The Labute approximate surface area is 117 Å². The molecule has 0 amide bonds. The molecule has 1 aliphatic rings. The highest BCUT2D eigenvalue weighted by Crippen LogP contribution is 2.24. The molecule has 1 aliphatic carbocycles. The van der Waals surface area contributed by atoms with Crippen molar-refractivity contribution in [3.63, 3.8) is 0 Å². The van der Waals surface area contributed by atoms with E-state index in [0.29, 0.717) is 18.1 Å². The number of carbonyl (C=O) groups is 1. The number of hydrogen-bond acceptors (Lipinski definition) is 1. The van der Waals surface area contributed by atoms with Gasteiger partial charge in [-0.1, -0.05) is 55.9 Å². The fourth-order valence-electron chi connectivity index (χ4n) is 3.10. The van der Waals surface area contributed by atoms with Gasteiger partial charge in [-0.05, 0) is 37.8 Å². The average molecular weight is 258 g/mol. The summed E-state index contributed by atoms with van der Waals surface area (Å²) < 4.78 is 0. The first-order valence-electron chi connectivity index (χ1n) is 7.75. The molecule has 0 aliphatic heterocycles. The summed E-state index contributed by atoms with van der Waals surface area (Å²) in [5.41, 5.74) is 3.74. The van der Waals surface area contributed by atoms with Crippen LogP contribution in [-0.4, -0.2) is 5.78 Å². The number of ketones is 1. The largest absolute Gasteiger partial charge is 0.299 e. The van der Waals surface area contributed by atoms with Crippen LogP contribution in [0.15, 0.2) is 18.2 Å². The number of hydrogen-bond donors (Lipinski definition) is 0. The standard InChI is InChI=1S/C18H26O/c1-14-10-11-15(2)17(12-14)13-18(19)16-8-6-4-3-5-7-9-16/h10-12,16H,3-9,13H2,1-2H3. The third kappa shape index (κ3) is 4.19. The van der Waals surface area contributed by atoms with Gasteiger partial charge in [0.05, 0.1) is 0 Å². The molecule has 0 saturated heterocycles. The highest BCUT2D eigenvalue weighted by molar-refractivity contribution is 5.83. The van der Waals surface area contributed by atoms with E-state index in [9.17, 15) is 4.79 Å². The average Bonchev–Trinajstić information content (AvgIpc) is 2.33. The molecule has 1 heteroatoms. The fraction of sp³-hybridized carbons (Fsp3) is 0.611. The maximum atomic E-state index is 12.5. The van der Waals surface area contributed by atoms with Crippen molar-refractivity contribution >= 4 is 5.78 Å². The molecule has 19 heavy (non-hydrogen) atoms. The van der Waals surface area contributed by atoms with Gasteiger partial charge >= 0.3 is 0 Å². The summed E-state index contributed by atoms with van der Waals surface area (Å²) in [7, 11) is 0. The second-order valence-electron chi connectivity index (χ2n) is 6.12. The van der Waals surface area contributed by atoms with E-state index in [4.69, 9.17) is 0 Å². The zero-order valence-corrected chi connectivity index (χ0v) is 12.4. The number of Topliss-reactive ketones (excluding diaryl/α,β-unsaturated/α-hetero) is 1. The summed E-state index contributed by atoms with van der Waals surface area (Å²) >= 11 is 0. The summed E-state index contributed by atoms with van der Waals surface area (Å²) in [4.78, 5) is 12.5. The van der Waals surface area contributed by atoms with E-state index in [0.717, 1.165) is 12.8 Å². The topological polar surface area (TPSA) is 17.1 Å². The maximum Gasteiger partial charge on any atom is 0.140 e. The molecule has 0 unspecified atom stereocenters. The number of rotatable bonds is 3. The maximum absolute atomic E-state index is 12.5. The van der Waals surface area contributed by atoms with Gasteiger partial charge in [0.2, 0.25) is 0 Å². The van der Waals surface area contributed by atoms with E-state index in [1.165, 1.54) is 48.8 Å². The zero-order chi connectivity index (χ0) is 13.7. The molecule has 0 N–H and O–H groups in total. The van der Waals surface area contributed by atoms with Crippen LogP contribution in [0.2, 0.25) is 0 Å². The predicted molar refractivity (Wildman–Crippen MR) is 80.4 cm³/mol. The van der Waals surface area contributed by atoms with Crippen molar-refractivity contribution in [1.82, 2.24) is 0 Å². The minimum Gasteiger partial charge on any atom is -0.299 e. The summed E-state index contributed by atoms with van der Waals surface area (Å²) in [5.74, 6) is 0.788. The van der Waals surface area contributed by atoms with Gasteiger partial charge in [-0.2, -0.15) is 0 Å². The van der Waals surface area contributed by atoms with E-state index in [1.54, 1.807) is 0 Å². The third-order valence-electron chi connectivity index (χ3n) is 4.43. The van der Waals surface area contributed by atoms with E-state index in [1.807, 2.05) is 0 Å². The van der Waals surface area contributed by atoms with Crippen LogP contribution in [-0.2, 0) is 11.2 Å². The Balaban J connectivity index is 2.00. The lowest BCUT2D eigenvalue weighted by Gasteiger charge is -2.19. The van der Waals surface area contributed by atoms with E-state index >= 15 is 0 Å². The molecule has 104 valence electrons. The monoisotopic (exact) mass is 258 g/mol. The number of aryl methyl sites for hydroxylation is 2. The van der Waals surface area contributed by atoms with Crippen molar-refractivity contribution in [1.29, 1.82) is 0 Å². The molecule has 0 radical (unpaired) electrons. The van der Waals surface area contributed by atoms with Gasteiger partial charge in [-0.3, -0.25) is 4.79 Å². The Hall–Kier alpha value is -1.11. The quantitative estimate of drug-likeness (QED) is 0.763. The first kappa shape index (κ1) is 14.3. The van der Waals surface area contributed by atoms with Crippen LogP contribution in [0.25, 0.3) is 0 Å². The summed E-state index contributed by atoms with van der Waals surface area (Å²) in [5, 5.41) is 0. The molecule has 1 fully saturated rings. The lowest BCUT2D eigenvalue weighted by molar-refractivity contribution is -0.122. The molecular weight excluding hydrogens is 232 g/mol. The third-order valence-corrected chi connectivity index (χ3v) is 4.43. The lowest BCUT2D eigenvalue weighted by atomic mass is 9.85. The van der Waals surface area contributed by atoms with Crippen LogP contribution in [0.5, 0.6) is 0 Å². The van der Waals surface area contributed by atoms with Gasteiger partial charge in [-0.25, -0.2) is 0 Å². The highest BCUT2D eigenvalue weighted by Gasteiger charge is 2.19. The van der Waals surface area contributed by atoms with E-state index in [2.05, 4.69) is 32.0 Å². The molecule has 0 heterocycles. The minimum absolute atomic E-state index is 0.320. The summed E-state index contributed by atoms with van der Waals surface area (Å²) in [6.07, 6.45) is 9.33. The Morgan fingerprint density at radius 3 is 2.37 bits per heavy atom. The van der Waals surface area contributed by atoms with Crippen LogP contribution in [0, 0.1) is 19.8 Å². The normalized spacial score (nSPS) is 17.8. The van der Waals surface area contributed by atoms with Gasteiger partial charge in [0, 0.05) is 12.3 Å². The molecule has 0 atom stereocenters. The van der Waals surface area contributed by atoms with Gasteiger partial charge in [0.15, 0.2) is 0 Å². The van der Waals surface area contributed by atoms with E-state index in [-0.39, 0.29) is 0 Å². The van der Waals surface area contributed by atoms with Gasteiger partial charge in [0.25, 0.3) is 0 Å². The number of carbonyl (C=O) groups excluding carboxylic acids is 1. The van der Waals surface area contributed by atoms with Gasteiger partial charge in [0.1, 0.15) is 5.78 Å². The Morgan fingerprint density at radius 2 is 1.68 bits per heavy atom. The van der Waals surface area contributed by atoms with Crippen molar-refractivity contribution < 1.29 is 4.79 Å². The lowest BCUT2D eigenvalue weighted by Crippen LogP contribution is -2.18. The second-order valence-corrected chi connectivity index (χ2v) is 6.12. The van der Waals surface area contributed by atoms with E-state index < -0.39 is 0 Å². The van der Waals surface area contributed by atoms with Gasteiger partial charge in [-0.15, -0.1) is 0 Å². The van der Waals surface area contributed by atoms with Gasteiger partial charge < -0.3 is 0 Å². The van der Waals surface area contributed by atoms with Crippen molar-refractivity contribution in [2.75, 3.05) is 0 Å². The molecule has 1 nitrogen and oxygen atoms in total. The number of benzene rings is 1. The van der Waals surface area contributed by atoms with Crippen LogP contribution >= 0.6 is 0 Å². The smallest absolute Gasteiger partial charge is 0.140 e. The van der Waals surface area contributed by atoms with Crippen molar-refractivity contribution in [2.24, 2.45) is 5.92 Å². The molecule has 0 spiro atoms. The van der Waals surface area contributed by atoms with Crippen LogP contribution < -0.4 is 0 Å². The first-order chi connectivity index (χ1) is 9.16. The van der Waals surface area contributed by atoms with Crippen molar-refractivity contribution in [2.45, 2.75) is 65.2 Å². The van der Waals surface area contributed by atoms with Crippen molar-refractivity contribution in [3.8, 4) is 0 Å². The fourth-order valence-corrected chi connectivity index (χ4v) is 3.10. The molecule has 1 saturated carbocycles. The first-order valence-corrected chi connectivity index (χ1v) is 7.75. The highest BCUT2D eigenvalue weighted by atomic mass is 16.1. The zero-order valence-electron chi connectivity index (χ0n) is 12.4. The molecule has 0 aromatic heterocycles. The second kappa shape index (κ2) is 6.88. The van der Waals surface area contributed by atoms with Crippen LogP contribution in [0.3, 0.4) is 0 Å². The summed E-state index contributed by atoms with van der Waals surface area (Å²) in [6.45, 7) is 4.21. The Bertz CT molecular complexity index is 425.